The summed E-state index contributed by atoms with van der Waals surface area (Å²) in [4.78, 5) is 35.4. The van der Waals surface area contributed by atoms with Crippen molar-refractivity contribution < 1.29 is 28.6 Å². The third-order valence-corrected chi connectivity index (χ3v) is 4.11. The summed E-state index contributed by atoms with van der Waals surface area (Å²) < 4.78 is 16.1. The van der Waals surface area contributed by atoms with Crippen LogP contribution in [0.1, 0.15) is 39.5 Å². The summed E-state index contributed by atoms with van der Waals surface area (Å²) in [7, 11) is 0. The number of nitrogens with one attached hydrogen (secondary N) is 1. The van der Waals surface area contributed by atoms with Crippen LogP contribution in [-0.4, -0.2) is 75.4 Å². The Morgan fingerprint density at radius 1 is 0.929 bits per heavy atom. The Morgan fingerprint density at radius 3 is 2.11 bits per heavy atom. The zero-order valence-corrected chi connectivity index (χ0v) is 17.1. The van der Waals surface area contributed by atoms with Crippen LogP contribution in [0.3, 0.4) is 0 Å². The van der Waals surface area contributed by atoms with E-state index in [-0.39, 0.29) is 30.9 Å². The number of rotatable bonds is 17. The van der Waals surface area contributed by atoms with Gasteiger partial charge in [0.2, 0.25) is 5.91 Å². The van der Waals surface area contributed by atoms with Gasteiger partial charge in [0.25, 0.3) is 11.8 Å². The first-order valence-corrected chi connectivity index (χ1v) is 10.0. The smallest absolute Gasteiger partial charge is 0.253 e. The number of amides is 3. The Hall–Kier alpha value is -1.77. The molecule has 0 aromatic rings. The van der Waals surface area contributed by atoms with E-state index in [1.165, 1.54) is 12.2 Å². The lowest BCUT2D eigenvalue weighted by Crippen LogP contribution is -2.33. The number of carbonyl (C=O) groups excluding carboxylic acids is 3. The summed E-state index contributed by atoms with van der Waals surface area (Å²) in [5.41, 5.74) is 0. The fourth-order valence-electron chi connectivity index (χ4n) is 2.54. The lowest BCUT2D eigenvalue weighted by molar-refractivity contribution is -0.137. The highest BCUT2D eigenvalue weighted by Gasteiger charge is 2.22. The van der Waals surface area contributed by atoms with Gasteiger partial charge in [-0.25, -0.2) is 0 Å². The van der Waals surface area contributed by atoms with Gasteiger partial charge in [-0.15, -0.1) is 0 Å². The monoisotopic (exact) mass is 398 g/mol. The average Bonchev–Trinajstić information content (AvgIpc) is 2.97. The van der Waals surface area contributed by atoms with E-state index in [0.717, 1.165) is 24.2 Å². The molecule has 0 radical (unpaired) electrons. The quantitative estimate of drug-likeness (QED) is 0.293. The van der Waals surface area contributed by atoms with Crippen LogP contribution >= 0.6 is 0 Å². The van der Waals surface area contributed by atoms with E-state index in [1.807, 2.05) is 0 Å². The van der Waals surface area contributed by atoms with E-state index in [9.17, 15) is 14.4 Å². The Balaban J connectivity index is 1.79. The molecule has 0 aromatic carbocycles. The normalized spacial score (nSPS) is 13.8. The summed E-state index contributed by atoms with van der Waals surface area (Å²) in [6, 6.07) is 0. The van der Waals surface area contributed by atoms with Gasteiger partial charge in [0.1, 0.15) is 0 Å². The van der Waals surface area contributed by atoms with Crippen molar-refractivity contribution in [3.63, 3.8) is 0 Å². The molecule has 0 saturated heterocycles. The molecule has 0 fully saturated rings. The lowest BCUT2D eigenvalue weighted by atomic mass is 10.1. The van der Waals surface area contributed by atoms with Crippen molar-refractivity contribution in [3.05, 3.63) is 12.2 Å². The fourth-order valence-corrected chi connectivity index (χ4v) is 2.54. The molecule has 0 aromatic heterocycles. The van der Waals surface area contributed by atoms with Crippen LogP contribution in [0.2, 0.25) is 0 Å². The van der Waals surface area contributed by atoms with Crippen molar-refractivity contribution in [1.29, 1.82) is 0 Å². The molecule has 160 valence electrons. The molecule has 8 heteroatoms. The number of nitrogens with zero attached hydrogens (tertiary/aromatic N) is 1. The SMILES string of the molecule is CC(C)CCCCC(=O)NCCOCCOCCOCCN1C(=O)C=CC1=O. The molecule has 1 N–H and O–H groups in total. The van der Waals surface area contributed by atoms with E-state index in [4.69, 9.17) is 14.2 Å². The van der Waals surface area contributed by atoms with Gasteiger partial charge in [0, 0.05) is 25.1 Å². The topological polar surface area (TPSA) is 94.2 Å². The largest absolute Gasteiger partial charge is 0.377 e. The second-order valence-electron chi connectivity index (χ2n) is 6.99. The predicted octanol–water partition coefficient (Wildman–Crippen LogP) is 1.29. The molecule has 0 bridgehead atoms. The molecule has 28 heavy (non-hydrogen) atoms. The highest BCUT2D eigenvalue weighted by molar-refractivity contribution is 6.12. The molecule has 1 heterocycles. The molecule has 0 atom stereocenters. The van der Waals surface area contributed by atoms with Crippen LogP contribution in [-0.2, 0) is 28.6 Å². The molecule has 1 aliphatic rings. The number of unbranched alkanes of at least 4 members (excludes halogenated alkanes) is 1. The molecule has 0 unspecified atom stereocenters. The Kier molecular flexibility index (Phi) is 13.2. The molecular weight excluding hydrogens is 364 g/mol. The molecule has 8 nitrogen and oxygen atoms in total. The third kappa shape index (κ3) is 11.8. The van der Waals surface area contributed by atoms with Gasteiger partial charge < -0.3 is 19.5 Å². The first-order chi connectivity index (χ1) is 13.5. The zero-order valence-electron chi connectivity index (χ0n) is 17.1. The van der Waals surface area contributed by atoms with E-state index in [0.29, 0.717) is 51.9 Å². The van der Waals surface area contributed by atoms with Crippen molar-refractivity contribution in [2.75, 3.05) is 52.7 Å². The highest BCUT2D eigenvalue weighted by atomic mass is 16.5. The Morgan fingerprint density at radius 2 is 1.50 bits per heavy atom. The second kappa shape index (κ2) is 15.2. The molecule has 0 saturated carbocycles. The average molecular weight is 399 g/mol. The molecule has 0 spiro atoms. The van der Waals surface area contributed by atoms with E-state index >= 15 is 0 Å². The Labute approximate surface area is 167 Å². The predicted molar refractivity (Wildman–Crippen MR) is 105 cm³/mol. The van der Waals surface area contributed by atoms with Crippen LogP contribution in [0, 0.1) is 5.92 Å². The molecule has 0 aliphatic carbocycles. The van der Waals surface area contributed by atoms with Gasteiger partial charge in [-0.2, -0.15) is 0 Å². The van der Waals surface area contributed by atoms with Crippen molar-refractivity contribution in [1.82, 2.24) is 10.2 Å². The number of carbonyl (C=O) groups is 3. The van der Waals surface area contributed by atoms with E-state index < -0.39 is 0 Å². The van der Waals surface area contributed by atoms with Crippen molar-refractivity contribution in [2.45, 2.75) is 39.5 Å². The molecule has 1 rings (SSSR count). The standard InChI is InChI=1S/C20H34N2O6/c1-17(2)5-3-4-6-18(23)21-9-11-26-13-15-28-16-14-27-12-10-22-19(24)7-8-20(22)25/h7-8,17H,3-6,9-16H2,1-2H3,(H,21,23). The van der Waals surface area contributed by atoms with Crippen LogP contribution < -0.4 is 5.32 Å². The first kappa shape index (κ1) is 24.3. The Bertz CT molecular complexity index is 489. The van der Waals surface area contributed by atoms with Crippen molar-refractivity contribution in [2.24, 2.45) is 5.92 Å². The van der Waals surface area contributed by atoms with Crippen molar-refractivity contribution in [3.8, 4) is 0 Å². The lowest BCUT2D eigenvalue weighted by Gasteiger charge is -2.13. The van der Waals surface area contributed by atoms with Crippen LogP contribution in [0.4, 0.5) is 0 Å². The number of hydrogen-bond donors (Lipinski definition) is 1. The van der Waals surface area contributed by atoms with Crippen molar-refractivity contribution >= 4 is 17.7 Å². The van der Waals surface area contributed by atoms with E-state index in [1.54, 1.807) is 0 Å². The summed E-state index contributed by atoms with van der Waals surface area (Å²) in [6.45, 7) is 7.58. The zero-order chi connectivity index (χ0) is 20.6. The minimum atomic E-state index is -0.302. The summed E-state index contributed by atoms with van der Waals surface area (Å²) in [5.74, 6) is 0.163. The van der Waals surface area contributed by atoms with E-state index in [2.05, 4.69) is 19.2 Å². The van der Waals surface area contributed by atoms with Gasteiger partial charge in [-0.3, -0.25) is 19.3 Å². The van der Waals surface area contributed by atoms with Gasteiger partial charge in [0.15, 0.2) is 0 Å². The fraction of sp³-hybridized carbons (Fsp3) is 0.750. The van der Waals surface area contributed by atoms with Gasteiger partial charge in [-0.1, -0.05) is 26.7 Å². The molecular formula is C20H34N2O6. The number of imide groups is 1. The summed E-state index contributed by atoms with van der Waals surface area (Å²) >= 11 is 0. The minimum absolute atomic E-state index is 0.0777. The summed E-state index contributed by atoms with van der Waals surface area (Å²) in [5, 5.41) is 2.84. The number of ether oxygens (including phenoxy) is 3. The molecule has 1 aliphatic heterocycles. The van der Waals surface area contributed by atoms with Gasteiger partial charge in [-0.05, 0) is 12.3 Å². The van der Waals surface area contributed by atoms with Gasteiger partial charge in [0.05, 0.1) is 46.2 Å². The maximum atomic E-state index is 11.6. The van der Waals surface area contributed by atoms with Crippen LogP contribution in [0.25, 0.3) is 0 Å². The van der Waals surface area contributed by atoms with Crippen LogP contribution in [0.15, 0.2) is 12.2 Å². The maximum absolute atomic E-state index is 11.6. The second-order valence-corrected chi connectivity index (χ2v) is 6.99. The van der Waals surface area contributed by atoms with Gasteiger partial charge >= 0.3 is 0 Å². The minimum Gasteiger partial charge on any atom is -0.377 e. The number of hydrogen-bond acceptors (Lipinski definition) is 6. The highest BCUT2D eigenvalue weighted by Crippen LogP contribution is 2.07. The summed E-state index contributed by atoms with van der Waals surface area (Å²) in [6.07, 6.45) is 6.27. The first-order valence-electron chi connectivity index (χ1n) is 10.0. The third-order valence-electron chi connectivity index (χ3n) is 4.11. The molecule has 3 amide bonds. The maximum Gasteiger partial charge on any atom is 0.253 e. The van der Waals surface area contributed by atoms with Crippen LogP contribution in [0.5, 0.6) is 0 Å².